The maximum Gasteiger partial charge on any atom is 0.157 e. The Morgan fingerprint density at radius 2 is 2.06 bits per heavy atom. The van der Waals surface area contributed by atoms with E-state index in [1.54, 1.807) is 5.54 Å². The predicted octanol–water partition coefficient (Wildman–Crippen LogP) is 4.23. The number of unbranched alkanes of at least 4 members (excludes halogenated alkanes) is 4. The van der Waals surface area contributed by atoms with Gasteiger partial charge in [-0.15, -0.1) is 0 Å². The van der Waals surface area contributed by atoms with Crippen molar-refractivity contribution in [1.29, 1.82) is 0 Å². The molecule has 0 spiro atoms. The minimum Gasteiger partial charge on any atom is -0.353 e. The third kappa shape index (κ3) is 7.26. The lowest BCUT2D eigenvalue weighted by Crippen LogP contribution is -2.22. The quantitative estimate of drug-likeness (QED) is 0.597. The summed E-state index contributed by atoms with van der Waals surface area (Å²) in [6, 6.07) is 0. The van der Waals surface area contributed by atoms with E-state index < -0.39 is 0 Å². The van der Waals surface area contributed by atoms with E-state index >= 15 is 0 Å². The second kappa shape index (κ2) is 10.1. The molecule has 94 valence electrons. The van der Waals surface area contributed by atoms with Crippen molar-refractivity contribution in [2.24, 2.45) is 0 Å². The van der Waals surface area contributed by atoms with E-state index in [0.29, 0.717) is 0 Å². The minimum absolute atomic E-state index is 0.0768. The zero-order chi connectivity index (χ0) is 11.5. The smallest absolute Gasteiger partial charge is 0.157 e. The van der Waals surface area contributed by atoms with Crippen molar-refractivity contribution in [3.05, 3.63) is 11.6 Å². The van der Waals surface area contributed by atoms with Gasteiger partial charge >= 0.3 is 0 Å². The summed E-state index contributed by atoms with van der Waals surface area (Å²) >= 11 is 5.44. The van der Waals surface area contributed by atoms with Crippen LogP contribution in [0.1, 0.15) is 51.4 Å². The van der Waals surface area contributed by atoms with Gasteiger partial charge < -0.3 is 9.47 Å². The summed E-state index contributed by atoms with van der Waals surface area (Å²) in [5.74, 6) is 0. The molecule has 0 radical (unpaired) electrons. The first-order valence-electron chi connectivity index (χ1n) is 6.42. The molecule has 3 heteroatoms. The highest BCUT2D eigenvalue weighted by Gasteiger charge is 2.12. The minimum atomic E-state index is 0.0768. The van der Waals surface area contributed by atoms with Crippen molar-refractivity contribution in [2.75, 3.05) is 13.2 Å². The molecule has 0 aromatic rings. The summed E-state index contributed by atoms with van der Waals surface area (Å²) in [6.45, 7) is 1.71. The Bertz CT molecular complexity index is 177. The Hall–Kier alpha value is -0.0500. The Labute approximate surface area is 104 Å². The van der Waals surface area contributed by atoms with Gasteiger partial charge in [-0.25, -0.2) is 0 Å². The van der Waals surface area contributed by atoms with Gasteiger partial charge in [0.05, 0.1) is 0 Å². The van der Waals surface area contributed by atoms with Crippen LogP contribution in [0.4, 0.5) is 0 Å². The first-order chi connectivity index (χ1) is 7.93. The molecule has 0 aromatic carbocycles. The number of hydrogen-bond donors (Lipinski definition) is 0. The molecule has 1 unspecified atom stereocenters. The molecule has 2 nitrogen and oxygen atoms in total. The largest absolute Gasteiger partial charge is 0.353 e. The van der Waals surface area contributed by atoms with Crippen LogP contribution in [0.15, 0.2) is 11.6 Å². The molecule has 0 bridgehead atoms. The first-order valence-corrected chi connectivity index (χ1v) is 6.85. The van der Waals surface area contributed by atoms with Crippen molar-refractivity contribution in [1.82, 2.24) is 0 Å². The maximum atomic E-state index is 5.65. The lowest BCUT2D eigenvalue weighted by Gasteiger charge is -2.22. The highest BCUT2D eigenvalue weighted by Crippen LogP contribution is 2.14. The normalized spacial score (nSPS) is 21.7. The van der Waals surface area contributed by atoms with E-state index in [4.69, 9.17) is 21.1 Å². The molecule has 1 atom stereocenters. The molecule has 16 heavy (non-hydrogen) atoms. The van der Waals surface area contributed by atoms with Gasteiger partial charge in [0.15, 0.2) is 6.29 Å². The van der Waals surface area contributed by atoms with Crippen LogP contribution in [-0.4, -0.2) is 19.5 Å². The van der Waals surface area contributed by atoms with Gasteiger partial charge in [-0.05, 0) is 38.5 Å². The van der Waals surface area contributed by atoms with Gasteiger partial charge in [-0.1, -0.05) is 30.5 Å². The highest BCUT2D eigenvalue weighted by atomic mass is 35.5. The van der Waals surface area contributed by atoms with Crippen LogP contribution in [0.3, 0.4) is 0 Å². The second-order valence-corrected chi connectivity index (χ2v) is 4.48. The lowest BCUT2D eigenvalue weighted by molar-refractivity contribution is -0.162. The molecule has 1 fully saturated rings. The molecular weight excluding hydrogens is 224 g/mol. The third-order valence-electron chi connectivity index (χ3n) is 2.80. The van der Waals surface area contributed by atoms with Crippen molar-refractivity contribution in [3.63, 3.8) is 0 Å². The van der Waals surface area contributed by atoms with Crippen molar-refractivity contribution < 1.29 is 9.47 Å². The summed E-state index contributed by atoms with van der Waals surface area (Å²) in [4.78, 5) is 0. The third-order valence-corrected chi connectivity index (χ3v) is 2.97. The van der Waals surface area contributed by atoms with Gasteiger partial charge in [-0.3, -0.25) is 0 Å². The molecule has 1 rings (SSSR count). The van der Waals surface area contributed by atoms with Crippen molar-refractivity contribution in [3.8, 4) is 0 Å². The van der Waals surface area contributed by atoms with Crippen LogP contribution in [-0.2, 0) is 9.47 Å². The molecular formula is C13H23ClO2. The van der Waals surface area contributed by atoms with Crippen molar-refractivity contribution >= 4 is 11.6 Å². The summed E-state index contributed by atoms with van der Waals surface area (Å²) in [5, 5.41) is 0. The molecule has 0 aliphatic carbocycles. The molecule has 1 saturated heterocycles. The fourth-order valence-corrected chi connectivity index (χ4v) is 1.96. The summed E-state index contributed by atoms with van der Waals surface area (Å²) in [6.07, 6.45) is 11.5. The number of halogens is 1. The number of hydrogen-bond acceptors (Lipinski definition) is 2. The fraction of sp³-hybridized carbons (Fsp3) is 0.846. The van der Waals surface area contributed by atoms with Crippen LogP contribution in [0.25, 0.3) is 0 Å². The van der Waals surface area contributed by atoms with Crippen LogP contribution >= 0.6 is 11.6 Å². The zero-order valence-corrected chi connectivity index (χ0v) is 10.8. The second-order valence-electron chi connectivity index (χ2n) is 4.23. The van der Waals surface area contributed by atoms with Gasteiger partial charge in [0.2, 0.25) is 0 Å². The molecule has 0 saturated carbocycles. The molecule has 1 heterocycles. The Balaban J connectivity index is 1.80. The van der Waals surface area contributed by atoms with Gasteiger partial charge in [0, 0.05) is 18.7 Å². The summed E-state index contributed by atoms with van der Waals surface area (Å²) in [5.41, 5.74) is 1.60. The number of allylic oxidation sites excluding steroid dienone is 1. The molecule has 0 aromatic heterocycles. The topological polar surface area (TPSA) is 18.5 Å². The van der Waals surface area contributed by atoms with Crippen molar-refractivity contribution in [2.45, 2.75) is 57.7 Å². The van der Waals surface area contributed by atoms with Crippen LogP contribution in [0.5, 0.6) is 0 Å². The monoisotopic (exact) mass is 246 g/mol. The first kappa shape index (κ1) is 14.0. The van der Waals surface area contributed by atoms with Gasteiger partial charge in [0.1, 0.15) is 0 Å². The van der Waals surface area contributed by atoms with E-state index in [9.17, 15) is 0 Å². The SMILES string of the molecule is Cl/C=C/CCCCCCOC1CCCCO1. The van der Waals surface area contributed by atoms with Crippen LogP contribution in [0, 0.1) is 0 Å². The average Bonchev–Trinajstić information content (AvgIpc) is 2.34. The maximum absolute atomic E-state index is 5.65. The Kier molecular flexibility index (Phi) is 8.87. The molecule has 1 aliphatic rings. The Morgan fingerprint density at radius 1 is 1.19 bits per heavy atom. The van der Waals surface area contributed by atoms with Gasteiger partial charge in [0.25, 0.3) is 0 Å². The van der Waals surface area contributed by atoms with Crippen LogP contribution < -0.4 is 0 Å². The molecule has 0 N–H and O–H groups in total. The van der Waals surface area contributed by atoms with E-state index in [2.05, 4.69) is 0 Å². The summed E-state index contributed by atoms with van der Waals surface area (Å²) in [7, 11) is 0. The lowest BCUT2D eigenvalue weighted by atomic mass is 10.1. The van der Waals surface area contributed by atoms with E-state index in [1.807, 2.05) is 6.08 Å². The van der Waals surface area contributed by atoms with Gasteiger partial charge in [-0.2, -0.15) is 0 Å². The van der Waals surface area contributed by atoms with E-state index in [1.165, 1.54) is 32.1 Å². The highest BCUT2D eigenvalue weighted by molar-refractivity contribution is 6.25. The standard InChI is InChI=1S/C13H23ClO2/c14-10-6-3-1-2-4-7-11-15-13-9-5-8-12-16-13/h6,10,13H,1-5,7-9,11-12H2/b10-6+. The number of rotatable bonds is 8. The zero-order valence-electron chi connectivity index (χ0n) is 10.00. The molecule has 0 amide bonds. The van der Waals surface area contributed by atoms with Crippen LogP contribution in [0.2, 0.25) is 0 Å². The number of ether oxygens (including phenoxy) is 2. The average molecular weight is 247 g/mol. The molecule has 1 aliphatic heterocycles. The Morgan fingerprint density at radius 3 is 2.81 bits per heavy atom. The predicted molar refractivity (Wildman–Crippen MR) is 67.6 cm³/mol. The van der Waals surface area contributed by atoms with E-state index in [-0.39, 0.29) is 6.29 Å². The fourth-order valence-electron chi connectivity index (χ4n) is 1.84. The summed E-state index contributed by atoms with van der Waals surface area (Å²) < 4.78 is 11.1. The van der Waals surface area contributed by atoms with E-state index in [0.717, 1.165) is 32.5 Å².